The Morgan fingerprint density at radius 1 is 1.08 bits per heavy atom. The van der Waals surface area contributed by atoms with Crippen LogP contribution < -0.4 is 10.6 Å². The van der Waals surface area contributed by atoms with Gasteiger partial charge in [0.2, 0.25) is 0 Å². The SMILES string of the molecule is Cc1ccc(NC(=O)c2cc(NC(=O)c3cccs3)n(C)n2)cc1. The largest absolute Gasteiger partial charge is 0.321 e. The summed E-state index contributed by atoms with van der Waals surface area (Å²) in [6, 6.07) is 12.6. The molecule has 0 aliphatic carbocycles. The molecule has 1 aromatic carbocycles. The minimum absolute atomic E-state index is 0.224. The molecule has 6 nitrogen and oxygen atoms in total. The fraction of sp³-hybridized carbons (Fsp3) is 0.118. The number of thiophene rings is 1. The average molecular weight is 340 g/mol. The standard InChI is InChI=1S/C17H16N4O2S/c1-11-5-7-12(8-6-11)18-16(22)13-10-15(21(2)20-13)19-17(23)14-4-3-9-24-14/h3-10H,1-2H3,(H,18,22)(H,19,23). The van der Waals surface area contributed by atoms with Gasteiger partial charge in [-0.3, -0.25) is 14.3 Å². The van der Waals surface area contributed by atoms with E-state index >= 15 is 0 Å². The number of rotatable bonds is 4. The summed E-state index contributed by atoms with van der Waals surface area (Å²) >= 11 is 1.35. The highest BCUT2D eigenvalue weighted by molar-refractivity contribution is 7.12. The second kappa shape index (κ2) is 6.67. The molecule has 0 aliphatic heterocycles. The molecule has 0 atom stereocenters. The third-order valence-corrected chi connectivity index (χ3v) is 4.28. The average Bonchev–Trinajstić information content (AvgIpc) is 3.20. The molecular weight excluding hydrogens is 324 g/mol. The van der Waals surface area contributed by atoms with Crippen LogP contribution in [-0.2, 0) is 7.05 Å². The first kappa shape index (κ1) is 15.9. The predicted molar refractivity (Wildman–Crippen MR) is 94.6 cm³/mol. The van der Waals surface area contributed by atoms with Crippen molar-refractivity contribution in [3.05, 3.63) is 64.0 Å². The van der Waals surface area contributed by atoms with Crippen molar-refractivity contribution in [3.8, 4) is 0 Å². The van der Waals surface area contributed by atoms with E-state index in [-0.39, 0.29) is 17.5 Å². The number of aromatic nitrogens is 2. The lowest BCUT2D eigenvalue weighted by Crippen LogP contribution is -2.13. The zero-order valence-corrected chi connectivity index (χ0v) is 14.1. The summed E-state index contributed by atoms with van der Waals surface area (Å²) in [7, 11) is 1.67. The van der Waals surface area contributed by atoms with Crippen molar-refractivity contribution in [2.75, 3.05) is 10.6 Å². The molecule has 3 aromatic rings. The Morgan fingerprint density at radius 2 is 1.83 bits per heavy atom. The van der Waals surface area contributed by atoms with Crippen LogP contribution in [0.4, 0.5) is 11.5 Å². The van der Waals surface area contributed by atoms with E-state index < -0.39 is 0 Å². The molecule has 0 saturated heterocycles. The van der Waals surface area contributed by atoms with Gasteiger partial charge in [-0.15, -0.1) is 11.3 Å². The van der Waals surface area contributed by atoms with Gasteiger partial charge in [0.15, 0.2) is 5.69 Å². The summed E-state index contributed by atoms with van der Waals surface area (Å²) in [4.78, 5) is 25.0. The van der Waals surface area contributed by atoms with Gasteiger partial charge in [-0.2, -0.15) is 5.10 Å². The van der Waals surface area contributed by atoms with Crippen LogP contribution in [0.1, 0.15) is 25.7 Å². The lowest BCUT2D eigenvalue weighted by Gasteiger charge is -2.02. The first-order valence-corrected chi connectivity index (χ1v) is 8.18. The molecule has 0 radical (unpaired) electrons. The molecule has 24 heavy (non-hydrogen) atoms. The van der Waals surface area contributed by atoms with Gasteiger partial charge in [0.1, 0.15) is 5.82 Å². The van der Waals surface area contributed by atoms with E-state index in [2.05, 4.69) is 15.7 Å². The number of hydrogen-bond acceptors (Lipinski definition) is 4. The van der Waals surface area contributed by atoms with Crippen molar-refractivity contribution in [1.29, 1.82) is 0 Å². The van der Waals surface area contributed by atoms with E-state index in [0.29, 0.717) is 16.4 Å². The van der Waals surface area contributed by atoms with Crippen molar-refractivity contribution in [3.63, 3.8) is 0 Å². The van der Waals surface area contributed by atoms with E-state index in [1.165, 1.54) is 16.0 Å². The maximum atomic E-state index is 12.3. The number of nitrogens with zero attached hydrogens (tertiary/aromatic N) is 2. The Balaban J connectivity index is 1.72. The summed E-state index contributed by atoms with van der Waals surface area (Å²) in [5.41, 5.74) is 2.05. The lowest BCUT2D eigenvalue weighted by molar-refractivity contribution is 0.101. The van der Waals surface area contributed by atoms with Crippen molar-refractivity contribution < 1.29 is 9.59 Å². The number of anilines is 2. The van der Waals surface area contributed by atoms with Gasteiger partial charge in [-0.25, -0.2) is 0 Å². The monoisotopic (exact) mass is 340 g/mol. The highest BCUT2D eigenvalue weighted by Crippen LogP contribution is 2.16. The Morgan fingerprint density at radius 3 is 2.50 bits per heavy atom. The Labute approximate surface area is 143 Å². The van der Waals surface area contributed by atoms with Crippen molar-refractivity contribution in [2.45, 2.75) is 6.92 Å². The van der Waals surface area contributed by atoms with Crippen LogP contribution in [0.15, 0.2) is 47.8 Å². The zero-order valence-electron chi connectivity index (χ0n) is 13.2. The molecule has 2 heterocycles. The van der Waals surface area contributed by atoms with Crippen LogP contribution in [-0.4, -0.2) is 21.6 Å². The molecule has 122 valence electrons. The van der Waals surface area contributed by atoms with Gasteiger partial charge in [-0.05, 0) is 30.5 Å². The summed E-state index contributed by atoms with van der Waals surface area (Å²) in [6.45, 7) is 1.98. The predicted octanol–water partition coefficient (Wildman–Crippen LogP) is 3.29. The molecule has 0 saturated carbocycles. The fourth-order valence-corrected chi connectivity index (χ4v) is 2.73. The first-order chi connectivity index (χ1) is 11.5. The molecule has 2 amide bonds. The maximum Gasteiger partial charge on any atom is 0.276 e. The molecule has 0 spiro atoms. The number of amides is 2. The van der Waals surface area contributed by atoms with Crippen LogP contribution in [0.2, 0.25) is 0 Å². The first-order valence-electron chi connectivity index (χ1n) is 7.30. The Bertz CT molecular complexity index is 867. The number of carbonyl (C=O) groups excluding carboxylic acids is 2. The third kappa shape index (κ3) is 3.52. The summed E-state index contributed by atoms with van der Waals surface area (Å²) < 4.78 is 1.47. The molecule has 2 aromatic heterocycles. The Kier molecular flexibility index (Phi) is 4.43. The molecule has 0 bridgehead atoms. The fourth-order valence-electron chi connectivity index (χ4n) is 2.11. The number of carbonyl (C=O) groups is 2. The van der Waals surface area contributed by atoms with E-state index in [1.807, 2.05) is 42.6 Å². The van der Waals surface area contributed by atoms with Crippen LogP contribution in [0.5, 0.6) is 0 Å². The van der Waals surface area contributed by atoms with E-state index in [1.54, 1.807) is 19.2 Å². The second-order valence-electron chi connectivity index (χ2n) is 5.29. The zero-order chi connectivity index (χ0) is 17.1. The van der Waals surface area contributed by atoms with Crippen molar-refractivity contribution in [2.24, 2.45) is 7.05 Å². The number of benzene rings is 1. The quantitative estimate of drug-likeness (QED) is 0.765. The lowest BCUT2D eigenvalue weighted by atomic mass is 10.2. The summed E-state index contributed by atoms with van der Waals surface area (Å²) in [6.07, 6.45) is 0. The van der Waals surface area contributed by atoms with Crippen LogP contribution in [0, 0.1) is 6.92 Å². The smallest absolute Gasteiger partial charge is 0.276 e. The van der Waals surface area contributed by atoms with Crippen molar-refractivity contribution >= 4 is 34.7 Å². The minimum atomic E-state index is -0.328. The molecule has 0 fully saturated rings. The maximum absolute atomic E-state index is 12.3. The van der Waals surface area contributed by atoms with Gasteiger partial charge in [0, 0.05) is 18.8 Å². The molecule has 7 heteroatoms. The molecule has 0 aliphatic rings. The number of aryl methyl sites for hydroxylation is 2. The second-order valence-corrected chi connectivity index (χ2v) is 6.24. The van der Waals surface area contributed by atoms with E-state index in [4.69, 9.17) is 0 Å². The highest BCUT2D eigenvalue weighted by Gasteiger charge is 2.15. The van der Waals surface area contributed by atoms with E-state index in [9.17, 15) is 9.59 Å². The van der Waals surface area contributed by atoms with Crippen LogP contribution >= 0.6 is 11.3 Å². The molecule has 3 rings (SSSR count). The molecule has 2 N–H and O–H groups in total. The molecular formula is C17H16N4O2S. The minimum Gasteiger partial charge on any atom is -0.321 e. The third-order valence-electron chi connectivity index (χ3n) is 3.41. The Hall–Kier alpha value is -2.93. The van der Waals surface area contributed by atoms with Crippen LogP contribution in [0.3, 0.4) is 0 Å². The summed E-state index contributed by atoms with van der Waals surface area (Å²) in [5, 5.41) is 11.5. The highest BCUT2D eigenvalue weighted by atomic mass is 32.1. The van der Waals surface area contributed by atoms with Crippen molar-refractivity contribution in [1.82, 2.24) is 9.78 Å². The number of hydrogen-bond donors (Lipinski definition) is 2. The van der Waals surface area contributed by atoms with Gasteiger partial charge < -0.3 is 10.6 Å². The van der Waals surface area contributed by atoms with Gasteiger partial charge in [-0.1, -0.05) is 23.8 Å². The van der Waals surface area contributed by atoms with Gasteiger partial charge in [0.25, 0.3) is 11.8 Å². The normalized spacial score (nSPS) is 10.4. The summed E-state index contributed by atoms with van der Waals surface area (Å²) in [5.74, 6) is -0.0907. The van der Waals surface area contributed by atoms with Crippen LogP contribution in [0.25, 0.3) is 0 Å². The number of nitrogens with one attached hydrogen (secondary N) is 2. The van der Waals surface area contributed by atoms with Gasteiger partial charge >= 0.3 is 0 Å². The molecule has 0 unspecified atom stereocenters. The van der Waals surface area contributed by atoms with Gasteiger partial charge in [0.05, 0.1) is 4.88 Å². The van der Waals surface area contributed by atoms with E-state index in [0.717, 1.165) is 5.56 Å². The topological polar surface area (TPSA) is 76.0 Å².